The number of hydrogen-bond acceptors (Lipinski definition) is 4. The van der Waals surface area contributed by atoms with Crippen LogP contribution >= 0.6 is 15.9 Å². The number of halogens is 1. The summed E-state index contributed by atoms with van der Waals surface area (Å²) >= 11 is 3.47. The zero-order valence-electron chi connectivity index (χ0n) is 10.3. The van der Waals surface area contributed by atoms with Crippen molar-refractivity contribution in [1.29, 1.82) is 5.26 Å². The van der Waals surface area contributed by atoms with E-state index in [1.807, 2.05) is 12.1 Å². The van der Waals surface area contributed by atoms with Crippen molar-refractivity contribution in [3.8, 4) is 11.8 Å². The Balaban J connectivity index is 1.90. The Kier molecular flexibility index (Phi) is 4.77. The van der Waals surface area contributed by atoms with E-state index >= 15 is 0 Å². The maximum absolute atomic E-state index is 11.3. The zero-order valence-corrected chi connectivity index (χ0v) is 11.9. The molecule has 0 aliphatic carbocycles. The Morgan fingerprint density at radius 3 is 3.16 bits per heavy atom. The molecule has 2 rings (SSSR count). The molecule has 0 unspecified atom stereocenters. The van der Waals surface area contributed by atoms with Gasteiger partial charge in [-0.3, -0.25) is 4.79 Å². The van der Waals surface area contributed by atoms with Gasteiger partial charge in [0.1, 0.15) is 12.3 Å². The van der Waals surface area contributed by atoms with Crippen molar-refractivity contribution in [2.75, 3.05) is 19.7 Å². The molecule has 0 bridgehead atoms. The van der Waals surface area contributed by atoms with Gasteiger partial charge in [-0.2, -0.15) is 5.26 Å². The Bertz CT molecular complexity index is 525. The first-order chi connectivity index (χ1) is 9.20. The number of nitrogens with one attached hydrogen (secondary N) is 2. The Hall–Kier alpha value is -1.58. The number of amides is 1. The third kappa shape index (κ3) is 3.69. The van der Waals surface area contributed by atoms with Gasteiger partial charge in [-0.05, 0) is 17.7 Å². The van der Waals surface area contributed by atoms with E-state index in [1.54, 1.807) is 0 Å². The topological polar surface area (TPSA) is 74.2 Å². The van der Waals surface area contributed by atoms with Crippen molar-refractivity contribution < 1.29 is 9.53 Å². The van der Waals surface area contributed by atoms with Gasteiger partial charge >= 0.3 is 0 Å². The van der Waals surface area contributed by atoms with E-state index in [0.29, 0.717) is 13.2 Å². The summed E-state index contributed by atoms with van der Waals surface area (Å²) in [6, 6.07) is 5.91. The first-order valence-corrected chi connectivity index (χ1v) is 6.78. The fourth-order valence-electron chi connectivity index (χ4n) is 1.99. The normalized spacial score (nSPS) is 12.4. The molecule has 0 spiro atoms. The van der Waals surface area contributed by atoms with Crippen LogP contribution in [-0.2, 0) is 17.8 Å². The summed E-state index contributed by atoms with van der Waals surface area (Å²) in [4.78, 5) is 11.3. The molecular formula is C13H14BrN3O2. The molecule has 0 saturated heterocycles. The maximum Gasteiger partial charge on any atom is 0.234 e. The van der Waals surface area contributed by atoms with E-state index in [1.165, 1.54) is 5.56 Å². The van der Waals surface area contributed by atoms with Crippen molar-refractivity contribution in [3.63, 3.8) is 0 Å². The van der Waals surface area contributed by atoms with Gasteiger partial charge in [0.2, 0.25) is 5.91 Å². The van der Waals surface area contributed by atoms with Crippen LogP contribution in [0.25, 0.3) is 0 Å². The second-order valence-electron chi connectivity index (χ2n) is 4.19. The number of carbonyl (C=O) groups is 1. The van der Waals surface area contributed by atoms with E-state index in [0.717, 1.165) is 22.2 Å². The van der Waals surface area contributed by atoms with Crippen LogP contribution in [0.1, 0.15) is 11.1 Å². The number of nitriles is 1. The lowest BCUT2D eigenvalue weighted by Crippen LogP contribution is -2.33. The van der Waals surface area contributed by atoms with Crippen LogP contribution in [0, 0.1) is 11.3 Å². The molecular weight excluding hydrogens is 310 g/mol. The number of carbonyl (C=O) groups excluding carboxylic acids is 1. The fraction of sp³-hybridized carbons (Fsp3) is 0.385. The van der Waals surface area contributed by atoms with Crippen molar-refractivity contribution >= 4 is 21.8 Å². The number of rotatable bonds is 5. The van der Waals surface area contributed by atoms with Gasteiger partial charge in [0.25, 0.3) is 0 Å². The van der Waals surface area contributed by atoms with Gasteiger partial charge in [-0.1, -0.05) is 15.9 Å². The minimum absolute atomic E-state index is 0.0376. The lowest BCUT2D eigenvalue weighted by Gasteiger charge is -2.10. The highest BCUT2D eigenvalue weighted by atomic mass is 79.9. The molecule has 0 aromatic heterocycles. The average Bonchev–Trinajstić information content (AvgIpc) is 2.84. The molecule has 5 nitrogen and oxygen atoms in total. The molecule has 2 N–H and O–H groups in total. The van der Waals surface area contributed by atoms with Gasteiger partial charge in [0, 0.05) is 23.0 Å². The zero-order chi connectivity index (χ0) is 13.7. The van der Waals surface area contributed by atoms with Crippen LogP contribution in [0.4, 0.5) is 0 Å². The summed E-state index contributed by atoms with van der Waals surface area (Å²) in [6.07, 6.45) is 0.921. The quantitative estimate of drug-likeness (QED) is 0.796. The minimum Gasteiger partial charge on any atom is -0.493 e. The summed E-state index contributed by atoms with van der Waals surface area (Å²) in [5.41, 5.74) is 2.23. The summed E-state index contributed by atoms with van der Waals surface area (Å²) in [5.74, 6) is 0.738. The summed E-state index contributed by atoms with van der Waals surface area (Å²) in [6.45, 7) is 1.49. The summed E-state index contributed by atoms with van der Waals surface area (Å²) < 4.78 is 6.62. The first-order valence-electron chi connectivity index (χ1n) is 5.99. The Morgan fingerprint density at radius 1 is 1.53 bits per heavy atom. The van der Waals surface area contributed by atoms with E-state index < -0.39 is 0 Å². The molecule has 6 heteroatoms. The Morgan fingerprint density at radius 2 is 2.37 bits per heavy atom. The highest BCUT2D eigenvalue weighted by Gasteiger charge is 2.17. The van der Waals surface area contributed by atoms with Gasteiger partial charge in [-0.15, -0.1) is 0 Å². The molecule has 0 fully saturated rings. The predicted molar refractivity (Wildman–Crippen MR) is 73.7 cm³/mol. The van der Waals surface area contributed by atoms with Crippen LogP contribution in [0.2, 0.25) is 0 Å². The van der Waals surface area contributed by atoms with Crippen molar-refractivity contribution in [3.05, 3.63) is 27.7 Å². The van der Waals surface area contributed by atoms with Crippen molar-refractivity contribution in [2.45, 2.75) is 13.0 Å². The molecule has 1 heterocycles. The van der Waals surface area contributed by atoms with Gasteiger partial charge in [0.05, 0.1) is 19.2 Å². The van der Waals surface area contributed by atoms with Crippen LogP contribution in [0.5, 0.6) is 5.75 Å². The third-order valence-electron chi connectivity index (χ3n) is 2.79. The van der Waals surface area contributed by atoms with E-state index in [-0.39, 0.29) is 19.0 Å². The first kappa shape index (κ1) is 13.8. The average molecular weight is 324 g/mol. The van der Waals surface area contributed by atoms with Gasteiger partial charge in [0.15, 0.2) is 0 Å². The van der Waals surface area contributed by atoms with Crippen LogP contribution in [0.3, 0.4) is 0 Å². The lowest BCUT2D eigenvalue weighted by atomic mass is 10.1. The molecule has 0 radical (unpaired) electrons. The standard InChI is InChI=1S/C13H14BrN3O2/c14-11-5-9-1-4-19-13(9)10(6-11)7-16-8-12(18)17-3-2-15/h5-6,16H,1,3-4,7-8H2,(H,17,18). The molecule has 1 aliphatic rings. The summed E-state index contributed by atoms with van der Waals surface area (Å²) in [7, 11) is 0. The van der Waals surface area contributed by atoms with E-state index in [2.05, 4.69) is 32.6 Å². The molecule has 1 amide bonds. The number of benzene rings is 1. The van der Waals surface area contributed by atoms with Crippen LogP contribution in [-0.4, -0.2) is 25.6 Å². The second-order valence-corrected chi connectivity index (χ2v) is 5.11. The molecule has 100 valence electrons. The fourth-order valence-corrected chi connectivity index (χ4v) is 2.54. The molecule has 1 aromatic rings. The molecule has 0 atom stereocenters. The predicted octanol–water partition coefficient (Wildman–Crippen LogP) is 1.11. The smallest absolute Gasteiger partial charge is 0.234 e. The van der Waals surface area contributed by atoms with E-state index in [9.17, 15) is 4.79 Å². The maximum atomic E-state index is 11.3. The number of fused-ring (bicyclic) bond motifs is 1. The van der Waals surface area contributed by atoms with Crippen LogP contribution in [0.15, 0.2) is 16.6 Å². The van der Waals surface area contributed by atoms with Gasteiger partial charge < -0.3 is 15.4 Å². The SMILES string of the molecule is N#CCNC(=O)CNCc1cc(Br)cc2c1OCC2. The monoisotopic (exact) mass is 323 g/mol. The van der Waals surface area contributed by atoms with Gasteiger partial charge in [-0.25, -0.2) is 0 Å². The van der Waals surface area contributed by atoms with E-state index in [4.69, 9.17) is 10.00 Å². The van der Waals surface area contributed by atoms with Crippen molar-refractivity contribution in [1.82, 2.24) is 10.6 Å². The second kappa shape index (κ2) is 6.55. The lowest BCUT2D eigenvalue weighted by molar-refractivity contribution is -0.120. The number of ether oxygens (including phenoxy) is 1. The Labute approximate surface area is 120 Å². The highest BCUT2D eigenvalue weighted by Crippen LogP contribution is 2.32. The third-order valence-corrected chi connectivity index (χ3v) is 3.25. The highest BCUT2D eigenvalue weighted by molar-refractivity contribution is 9.10. The molecule has 19 heavy (non-hydrogen) atoms. The van der Waals surface area contributed by atoms with Crippen LogP contribution < -0.4 is 15.4 Å². The number of hydrogen-bond donors (Lipinski definition) is 2. The number of nitrogens with zero attached hydrogens (tertiary/aromatic N) is 1. The molecule has 0 saturated carbocycles. The largest absolute Gasteiger partial charge is 0.493 e. The van der Waals surface area contributed by atoms with Crippen molar-refractivity contribution in [2.24, 2.45) is 0 Å². The minimum atomic E-state index is -0.186. The molecule has 1 aliphatic heterocycles. The summed E-state index contributed by atoms with van der Waals surface area (Å²) in [5, 5.41) is 13.9. The molecule has 1 aromatic carbocycles.